The van der Waals surface area contributed by atoms with E-state index in [0.717, 1.165) is 31.2 Å². The molecule has 2 aromatic rings. The molecule has 2 amide bonds. The number of methoxy groups -OCH3 is 1. The number of aliphatic hydroxyl groups is 3. The number of benzene rings is 2. The van der Waals surface area contributed by atoms with Gasteiger partial charge in [-0.25, -0.2) is 0 Å². The summed E-state index contributed by atoms with van der Waals surface area (Å²) in [5.41, 5.74) is 1.91. The Morgan fingerprint density at radius 2 is 1.82 bits per heavy atom. The van der Waals surface area contributed by atoms with Crippen molar-refractivity contribution in [3.8, 4) is 11.5 Å². The Hall–Kier alpha value is -2.67. The molecule has 0 aliphatic heterocycles. The molecule has 2 aliphatic carbocycles. The van der Waals surface area contributed by atoms with E-state index in [1.54, 1.807) is 23.1 Å². The number of carbonyl (C=O) groups is 2. The summed E-state index contributed by atoms with van der Waals surface area (Å²) in [6.45, 7) is -0.292. The lowest BCUT2D eigenvalue weighted by atomic mass is 9.86. The van der Waals surface area contributed by atoms with E-state index in [-0.39, 0.29) is 50.5 Å². The van der Waals surface area contributed by atoms with Gasteiger partial charge in [-0.3, -0.25) is 9.59 Å². The molecule has 0 bridgehead atoms. The summed E-state index contributed by atoms with van der Waals surface area (Å²) < 4.78 is 12.5. The lowest BCUT2D eigenvalue weighted by Crippen LogP contribution is -2.58. The van der Waals surface area contributed by atoms with Gasteiger partial charge in [-0.15, -0.1) is 0 Å². The Balaban J connectivity index is 1.70. The summed E-state index contributed by atoms with van der Waals surface area (Å²) >= 11 is 2.08. The summed E-state index contributed by atoms with van der Waals surface area (Å²) in [4.78, 5) is 28.8. The second kappa shape index (κ2) is 14.3. The number of hydrogen-bond acceptors (Lipinski definition) is 7. The van der Waals surface area contributed by atoms with Gasteiger partial charge in [0, 0.05) is 24.6 Å². The third-order valence-corrected chi connectivity index (χ3v) is 8.30. The molecule has 40 heavy (non-hydrogen) atoms. The fourth-order valence-corrected chi connectivity index (χ4v) is 6.36. The van der Waals surface area contributed by atoms with Gasteiger partial charge in [0.25, 0.3) is 0 Å². The van der Waals surface area contributed by atoms with Gasteiger partial charge in [0.15, 0.2) is 11.5 Å². The Morgan fingerprint density at radius 1 is 1.10 bits per heavy atom. The molecule has 3 atom stereocenters. The standard InChI is InChI=1S/C30H37IN2O7/c1-39-26-14-20(18-35)13-23(31)29(26)40-25-17-21(30(38)32-11-12-34)16-24(28(25)37)33(22-9-5-6-10-22)27(36)15-19-7-3-2-4-8-19/h2-4,7-8,13-14,17,22,24-25,28,34-35,37H,5-6,9-12,15-16,18H2,1H3,(H,32,38). The number of rotatable bonds is 11. The van der Waals surface area contributed by atoms with Crippen LogP contribution in [0.4, 0.5) is 0 Å². The van der Waals surface area contributed by atoms with E-state index in [1.807, 2.05) is 30.3 Å². The minimum atomic E-state index is -1.12. The summed E-state index contributed by atoms with van der Waals surface area (Å²) in [7, 11) is 1.49. The van der Waals surface area contributed by atoms with Gasteiger partial charge in [0.1, 0.15) is 12.2 Å². The Morgan fingerprint density at radius 3 is 2.48 bits per heavy atom. The third-order valence-electron chi connectivity index (χ3n) is 7.50. The van der Waals surface area contributed by atoms with E-state index in [1.165, 1.54) is 7.11 Å². The maximum Gasteiger partial charge on any atom is 0.247 e. The largest absolute Gasteiger partial charge is 0.493 e. The van der Waals surface area contributed by atoms with Crippen LogP contribution in [0.15, 0.2) is 54.1 Å². The first-order chi connectivity index (χ1) is 19.4. The van der Waals surface area contributed by atoms with Crippen molar-refractivity contribution < 1.29 is 34.4 Å². The molecule has 3 unspecified atom stereocenters. The molecule has 1 saturated carbocycles. The lowest BCUT2D eigenvalue weighted by molar-refractivity contribution is -0.141. The molecule has 0 saturated heterocycles. The lowest BCUT2D eigenvalue weighted by Gasteiger charge is -2.43. The molecule has 216 valence electrons. The molecular formula is C30H37IN2O7. The predicted molar refractivity (Wildman–Crippen MR) is 158 cm³/mol. The normalized spacial score (nSPS) is 21.0. The van der Waals surface area contributed by atoms with Crippen LogP contribution < -0.4 is 14.8 Å². The van der Waals surface area contributed by atoms with Gasteiger partial charge in [0.2, 0.25) is 11.8 Å². The van der Waals surface area contributed by atoms with E-state index in [9.17, 15) is 24.9 Å². The molecule has 1 fully saturated rings. The van der Waals surface area contributed by atoms with Gasteiger partial charge in [-0.1, -0.05) is 43.2 Å². The van der Waals surface area contributed by atoms with Gasteiger partial charge in [-0.05, 0) is 64.8 Å². The van der Waals surface area contributed by atoms with Crippen LogP contribution in [0.3, 0.4) is 0 Å². The molecule has 0 heterocycles. The van der Waals surface area contributed by atoms with Crippen LogP contribution >= 0.6 is 22.6 Å². The topological polar surface area (TPSA) is 129 Å². The molecule has 0 aromatic heterocycles. The monoisotopic (exact) mass is 664 g/mol. The maximum atomic E-state index is 13.9. The van der Waals surface area contributed by atoms with Crippen LogP contribution in [-0.4, -0.2) is 76.6 Å². The van der Waals surface area contributed by atoms with Crippen LogP contribution in [0.1, 0.15) is 43.2 Å². The quantitative estimate of drug-likeness (QED) is 0.272. The molecule has 4 N–H and O–H groups in total. The molecule has 0 spiro atoms. The minimum absolute atomic E-state index is 0.0464. The van der Waals surface area contributed by atoms with Crippen LogP contribution in [0.2, 0.25) is 0 Å². The smallest absolute Gasteiger partial charge is 0.247 e. The van der Waals surface area contributed by atoms with Gasteiger partial charge in [0.05, 0.1) is 36.4 Å². The highest BCUT2D eigenvalue weighted by molar-refractivity contribution is 14.1. The van der Waals surface area contributed by atoms with Gasteiger partial charge < -0.3 is 35.0 Å². The van der Waals surface area contributed by atoms with Crippen LogP contribution in [-0.2, 0) is 22.6 Å². The summed E-state index contributed by atoms with van der Waals surface area (Å²) in [5, 5.41) is 33.3. The SMILES string of the molecule is COc1cc(CO)cc(I)c1OC1C=C(C(=O)NCCO)CC(N(C(=O)Cc2ccccc2)C2CCCC2)C1O. The number of aliphatic hydroxyl groups excluding tert-OH is 3. The Labute approximate surface area is 248 Å². The van der Waals surface area contributed by atoms with Crippen molar-refractivity contribution in [1.29, 1.82) is 0 Å². The first-order valence-electron chi connectivity index (χ1n) is 13.6. The second-order valence-electron chi connectivity index (χ2n) is 10.2. The van der Waals surface area contributed by atoms with Crippen LogP contribution in [0, 0.1) is 3.57 Å². The highest BCUT2D eigenvalue weighted by Crippen LogP contribution is 2.38. The maximum absolute atomic E-state index is 13.9. The van der Waals surface area contributed by atoms with Crippen molar-refractivity contribution in [2.24, 2.45) is 0 Å². The van der Waals surface area contributed by atoms with Crippen molar-refractivity contribution in [2.45, 2.75) is 69.4 Å². The molecule has 4 rings (SSSR count). The Bertz CT molecular complexity index is 1200. The van der Waals surface area contributed by atoms with Gasteiger partial charge in [-0.2, -0.15) is 0 Å². The van der Waals surface area contributed by atoms with Crippen molar-refractivity contribution in [3.63, 3.8) is 0 Å². The second-order valence-corrected chi connectivity index (χ2v) is 11.3. The number of carbonyl (C=O) groups excluding carboxylic acids is 2. The van der Waals surface area contributed by atoms with Crippen LogP contribution in [0.5, 0.6) is 11.5 Å². The third kappa shape index (κ3) is 7.15. The van der Waals surface area contributed by atoms with E-state index in [4.69, 9.17) is 9.47 Å². The summed E-state index contributed by atoms with van der Waals surface area (Å²) in [6.07, 6.45) is 3.53. The fourth-order valence-electron chi connectivity index (χ4n) is 5.57. The van der Waals surface area contributed by atoms with E-state index >= 15 is 0 Å². The highest BCUT2D eigenvalue weighted by Gasteiger charge is 2.43. The summed E-state index contributed by atoms with van der Waals surface area (Å²) in [6, 6.07) is 12.2. The van der Waals surface area contributed by atoms with Crippen molar-refractivity contribution in [2.75, 3.05) is 20.3 Å². The van der Waals surface area contributed by atoms with Crippen molar-refractivity contribution in [1.82, 2.24) is 10.2 Å². The average molecular weight is 665 g/mol. The first-order valence-corrected chi connectivity index (χ1v) is 14.7. The molecule has 10 heteroatoms. The van der Waals surface area contributed by atoms with E-state index in [2.05, 4.69) is 27.9 Å². The molecule has 0 radical (unpaired) electrons. The van der Waals surface area contributed by atoms with Crippen molar-refractivity contribution >= 4 is 34.4 Å². The zero-order valence-corrected chi connectivity index (χ0v) is 24.7. The fraction of sp³-hybridized carbons (Fsp3) is 0.467. The zero-order chi connectivity index (χ0) is 28.6. The number of hydrogen-bond donors (Lipinski definition) is 4. The first kappa shape index (κ1) is 30.3. The number of amides is 2. The van der Waals surface area contributed by atoms with E-state index < -0.39 is 18.2 Å². The zero-order valence-electron chi connectivity index (χ0n) is 22.6. The average Bonchev–Trinajstić information content (AvgIpc) is 3.49. The minimum Gasteiger partial charge on any atom is -0.493 e. The van der Waals surface area contributed by atoms with E-state index in [0.29, 0.717) is 26.2 Å². The molecule has 2 aliphatic rings. The predicted octanol–water partition coefficient (Wildman–Crippen LogP) is 2.72. The Kier molecular flexibility index (Phi) is 10.8. The molecule has 2 aromatic carbocycles. The number of ether oxygens (including phenoxy) is 2. The van der Waals surface area contributed by atoms with Gasteiger partial charge >= 0.3 is 0 Å². The number of halogens is 1. The highest BCUT2D eigenvalue weighted by atomic mass is 127. The van der Waals surface area contributed by atoms with Crippen LogP contribution in [0.25, 0.3) is 0 Å². The van der Waals surface area contributed by atoms with Crippen molar-refractivity contribution in [3.05, 3.63) is 68.8 Å². The number of nitrogens with one attached hydrogen (secondary N) is 1. The summed E-state index contributed by atoms with van der Waals surface area (Å²) in [5.74, 6) is 0.285. The molecule has 9 nitrogen and oxygen atoms in total. The number of nitrogens with zero attached hydrogens (tertiary/aromatic N) is 1. The molecular weight excluding hydrogens is 627 g/mol.